The van der Waals surface area contributed by atoms with Crippen LogP contribution in [0.25, 0.3) is 10.9 Å². The average molecular weight is 565 g/mol. The lowest BCUT2D eigenvalue weighted by Crippen LogP contribution is -2.59. The van der Waals surface area contributed by atoms with Crippen molar-refractivity contribution in [3.8, 4) is 23.0 Å². The molecule has 3 aromatic rings. The number of hydrogen-bond donors (Lipinski definition) is 2. The van der Waals surface area contributed by atoms with Gasteiger partial charge in [0.1, 0.15) is 27.8 Å². The van der Waals surface area contributed by atoms with Crippen LogP contribution in [0.1, 0.15) is 41.6 Å². The van der Waals surface area contributed by atoms with Crippen LogP contribution in [0.2, 0.25) is 5.02 Å². The molecule has 10 nitrogen and oxygen atoms in total. The smallest absolute Gasteiger partial charge is 0.252 e. The van der Waals surface area contributed by atoms with E-state index < -0.39 is 34.6 Å². The second-order valence-electron chi connectivity index (χ2n) is 10.1. The first kappa shape index (κ1) is 25.9. The number of pyridine rings is 1. The molecule has 2 aromatic carbocycles. The molecule has 1 spiro atoms. The van der Waals surface area contributed by atoms with Gasteiger partial charge in [-0.3, -0.25) is 19.2 Å². The van der Waals surface area contributed by atoms with Crippen molar-refractivity contribution in [3.05, 3.63) is 68.1 Å². The molecule has 11 heteroatoms. The Morgan fingerprint density at radius 1 is 0.950 bits per heavy atom. The lowest BCUT2D eigenvalue weighted by molar-refractivity contribution is -0.131. The SMILES string of the molecule is COc1ccc2[nH]c(=O)c([C@H]3CC(=O)NC4=C3C(=O)[C@@]3(Oc5c(Cl)c(OC)cc(OC)c5C3=O)[C@H](C)C4)cc2c1. The molecule has 1 aliphatic carbocycles. The van der Waals surface area contributed by atoms with Crippen LogP contribution < -0.4 is 29.8 Å². The molecule has 3 heterocycles. The van der Waals surface area contributed by atoms with E-state index in [-0.39, 0.29) is 57.7 Å². The highest BCUT2D eigenvalue weighted by Gasteiger charge is 2.63. The van der Waals surface area contributed by atoms with Crippen LogP contribution in [0.4, 0.5) is 0 Å². The molecular formula is C29H25ClN2O8. The molecule has 1 aromatic heterocycles. The molecule has 40 heavy (non-hydrogen) atoms. The Kier molecular flexibility index (Phi) is 5.92. The highest BCUT2D eigenvalue weighted by atomic mass is 35.5. The number of fused-ring (bicyclic) bond motifs is 2. The van der Waals surface area contributed by atoms with Crippen molar-refractivity contribution in [1.82, 2.24) is 10.3 Å². The summed E-state index contributed by atoms with van der Waals surface area (Å²) < 4.78 is 22.3. The maximum Gasteiger partial charge on any atom is 0.252 e. The molecule has 0 unspecified atom stereocenters. The number of benzene rings is 2. The van der Waals surface area contributed by atoms with Gasteiger partial charge in [0.15, 0.2) is 5.75 Å². The summed E-state index contributed by atoms with van der Waals surface area (Å²) in [5.41, 5.74) is -1.03. The maximum atomic E-state index is 14.5. The van der Waals surface area contributed by atoms with E-state index >= 15 is 0 Å². The highest BCUT2D eigenvalue weighted by Crippen LogP contribution is 2.55. The lowest BCUT2D eigenvalue weighted by atomic mass is 9.66. The van der Waals surface area contributed by atoms with Gasteiger partial charge in [0.25, 0.3) is 5.56 Å². The van der Waals surface area contributed by atoms with Gasteiger partial charge in [0.05, 0.1) is 21.3 Å². The lowest BCUT2D eigenvalue weighted by Gasteiger charge is -2.41. The third-order valence-corrected chi connectivity index (χ3v) is 8.37. The van der Waals surface area contributed by atoms with E-state index in [1.807, 2.05) is 0 Å². The standard InChI is InChI=1S/C29H25ClN2O8/c1-12-7-18-22(26(34)29(12)27(35)23-19(38-3)11-20(39-4)24(30)25(23)40-29)15(10-21(33)31-18)16-9-13-8-14(37-2)5-6-17(13)32-28(16)36/h5-6,8-9,11-12,15H,7,10H2,1-4H3,(H,31,33)(H,32,36)/t12-,15-,29+/m1/s1. The van der Waals surface area contributed by atoms with Gasteiger partial charge in [-0.05, 0) is 30.7 Å². The van der Waals surface area contributed by atoms with E-state index in [0.717, 1.165) is 0 Å². The number of hydrogen-bond acceptors (Lipinski definition) is 8. The third kappa shape index (κ3) is 3.48. The molecule has 0 bridgehead atoms. The number of nitrogens with one attached hydrogen (secondary N) is 2. The number of rotatable bonds is 4. The van der Waals surface area contributed by atoms with E-state index in [4.69, 9.17) is 30.5 Å². The fourth-order valence-electron chi connectivity index (χ4n) is 6.04. The number of methoxy groups -OCH3 is 3. The second kappa shape index (κ2) is 9.12. The normalized spacial score (nSPS) is 23.6. The Morgan fingerprint density at radius 2 is 1.70 bits per heavy atom. The van der Waals surface area contributed by atoms with Crippen molar-refractivity contribution < 1.29 is 33.3 Å². The van der Waals surface area contributed by atoms with Gasteiger partial charge in [-0.1, -0.05) is 18.5 Å². The van der Waals surface area contributed by atoms with Crippen molar-refractivity contribution in [2.45, 2.75) is 31.3 Å². The average Bonchev–Trinajstić information content (AvgIpc) is 3.25. The number of ether oxygens (including phenoxy) is 4. The van der Waals surface area contributed by atoms with Crippen LogP contribution in [0.3, 0.4) is 0 Å². The first-order valence-electron chi connectivity index (χ1n) is 12.6. The summed E-state index contributed by atoms with van der Waals surface area (Å²) in [5, 5.41) is 3.50. The molecule has 2 aliphatic heterocycles. The van der Waals surface area contributed by atoms with E-state index in [2.05, 4.69) is 10.3 Å². The van der Waals surface area contributed by atoms with E-state index in [1.54, 1.807) is 31.2 Å². The number of amides is 1. The van der Waals surface area contributed by atoms with E-state index in [1.165, 1.54) is 27.4 Å². The van der Waals surface area contributed by atoms with Gasteiger partial charge in [-0.2, -0.15) is 0 Å². The van der Waals surface area contributed by atoms with E-state index in [0.29, 0.717) is 22.3 Å². The molecule has 3 atom stereocenters. The number of allylic oxidation sites excluding steroid dienone is 1. The maximum absolute atomic E-state index is 14.5. The Labute approximate surface area is 233 Å². The zero-order chi connectivity index (χ0) is 28.5. The van der Waals surface area contributed by atoms with Crippen LogP contribution in [-0.2, 0) is 9.59 Å². The van der Waals surface area contributed by atoms with Crippen molar-refractivity contribution >= 4 is 40.0 Å². The number of ketones is 2. The quantitative estimate of drug-likeness (QED) is 0.458. The minimum absolute atomic E-state index is 0.000779. The van der Waals surface area contributed by atoms with Gasteiger partial charge >= 0.3 is 0 Å². The van der Waals surface area contributed by atoms with Crippen LogP contribution in [0, 0.1) is 5.92 Å². The number of carbonyl (C=O) groups is 3. The Bertz CT molecular complexity index is 1740. The molecule has 0 radical (unpaired) electrons. The van der Waals surface area contributed by atoms with Crippen molar-refractivity contribution in [2.24, 2.45) is 5.92 Å². The number of Topliss-reactive ketones (excluding diaryl/α,β-unsaturated/α-hetero) is 2. The Balaban J connectivity index is 1.52. The molecule has 1 amide bonds. The first-order valence-corrected chi connectivity index (χ1v) is 13.0. The van der Waals surface area contributed by atoms with Gasteiger partial charge in [0.2, 0.25) is 23.1 Å². The Morgan fingerprint density at radius 3 is 2.40 bits per heavy atom. The molecule has 2 N–H and O–H groups in total. The minimum atomic E-state index is -1.96. The van der Waals surface area contributed by atoms with Gasteiger partial charge in [-0.15, -0.1) is 0 Å². The zero-order valence-corrected chi connectivity index (χ0v) is 22.9. The fourth-order valence-corrected chi connectivity index (χ4v) is 6.31. The summed E-state index contributed by atoms with van der Waals surface area (Å²) >= 11 is 6.53. The predicted molar refractivity (Wildman–Crippen MR) is 145 cm³/mol. The summed E-state index contributed by atoms with van der Waals surface area (Å²) in [6, 6.07) is 8.31. The van der Waals surface area contributed by atoms with Gasteiger partial charge in [-0.25, -0.2) is 0 Å². The number of aromatic nitrogens is 1. The number of aromatic amines is 1. The second-order valence-corrected chi connectivity index (χ2v) is 10.5. The molecule has 206 valence electrons. The Hall–Kier alpha value is -4.31. The van der Waals surface area contributed by atoms with Crippen LogP contribution in [0.15, 0.2) is 46.4 Å². The van der Waals surface area contributed by atoms with Crippen LogP contribution in [0.5, 0.6) is 23.0 Å². The summed E-state index contributed by atoms with van der Waals surface area (Å²) in [4.78, 5) is 57.5. The summed E-state index contributed by atoms with van der Waals surface area (Å²) in [7, 11) is 4.34. The van der Waals surface area contributed by atoms with E-state index in [9.17, 15) is 19.2 Å². The summed E-state index contributed by atoms with van der Waals surface area (Å²) in [6.07, 6.45) is -0.00789. The van der Waals surface area contributed by atoms with Crippen LogP contribution >= 0.6 is 11.6 Å². The highest BCUT2D eigenvalue weighted by molar-refractivity contribution is 6.36. The molecule has 6 rings (SSSR count). The zero-order valence-electron chi connectivity index (χ0n) is 22.1. The summed E-state index contributed by atoms with van der Waals surface area (Å²) in [5.74, 6) is -2.19. The fraction of sp³-hybridized carbons (Fsp3) is 0.310. The van der Waals surface area contributed by atoms with Gasteiger partial charge in [0, 0.05) is 52.1 Å². The topological polar surface area (TPSA) is 133 Å². The van der Waals surface area contributed by atoms with Gasteiger partial charge < -0.3 is 29.2 Å². The monoisotopic (exact) mass is 564 g/mol. The predicted octanol–water partition coefficient (Wildman–Crippen LogP) is 3.69. The molecular weight excluding hydrogens is 540 g/mol. The first-order chi connectivity index (χ1) is 19.1. The molecule has 0 fully saturated rings. The number of H-pyrrole nitrogens is 1. The largest absolute Gasteiger partial charge is 0.497 e. The van der Waals surface area contributed by atoms with Crippen molar-refractivity contribution in [2.75, 3.05) is 21.3 Å². The number of halogens is 1. The molecule has 3 aliphatic rings. The third-order valence-electron chi connectivity index (χ3n) is 8.01. The number of carbonyl (C=O) groups excluding carboxylic acids is 3. The van der Waals surface area contributed by atoms with Crippen molar-refractivity contribution in [3.63, 3.8) is 0 Å². The van der Waals surface area contributed by atoms with Crippen molar-refractivity contribution in [1.29, 1.82) is 0 Å². The summed E-state index contributed by atoms with van der Waals surface area (Å²) in [6.45, 7) is 1.70. The molecule has 0 saturated carbocycles. The van der Waals surface area contributed by atoms with Crippen LogP contribution in [-0.4, -0.2) is 49.4 Å². The minimum Gasteiger partial charge on any atom is -0.497 e. The molecule has 0 saturated heterocycles.